The van der Waals surface area contributed by atoms with Crippen LogP contribution in [0.15, 0.2) is 17.0 Å². The van der Waals surface area contributed by atoms with Crippen LogP contribution >= 0.6 is 11.6 Å². The molecule has 0 radical (unpaired) electrons. The molecule has 1 saturated carbocycles. The molecule has 0 saturated heterocycles. The van der Waals surface area contributed by atoms with Crippen LogP contribution in [0.5, 0.6) is 5.75 Å². The number of hydrogen-bond donors (Lipinski definition) is 3. The average Bonchev–Trinajstić information content (AvgIpc) is 2.57. The van der Waals surface area contributed by atoms with Crippen molar-refractivity contribution in [2.75, 3.05) is 19.4 Å². The standard InChI is InChI=1S/C19H28ClN3O5S/c1-18(2,3)19(4,5)22-13-12(15(25)16(13)26)21-11-9-8-10(20)17(14(11)24)29(27,28)23(6)7/h8-9,12-13,21-22,24H,1-7H3. The number of phenols is 1. The Kier molecular flexibility index (Phi) is 6.13. The van der Waals surface area contributed by atoms with E-state index in [-0.39, 0.29) is 16.1 Å². The molecule has 162 valence electrons. The van der Waals surface area contributed by atoms with Crippen LogP contribution < -0.4 is 10.6 Å². The second-order valence-electron chi connectivity index (χ2n) is 8.91. The summed E-state index contributed by atoms with van der Waals surface area (Å²) >= 11 is 6.01. The van der Waals surface area contributed by atoms with Crippen molar-refractivity contribution in [3.05, 3.63) is 17.2 Å². The third kappa shape index (κ3) is 4.14. The average molecular weight is 446 g/mol. The number of halogens is 1. The van der Waals surface area contributed by atoms with Gasteiger partial charge in [0.1, 0.15) is 17.0 Å². The largest absolute Gasteiger partial charge is 0.504 e. The van der Waals surface area contributed by atoms with Crippen LogP contribution in [-0.2, 0) is 19.6 Å². The summed E-state index contributed by atoms with van der Waals surface area (Å²) in [6.07, 6.45) is 0. The van der Waals surface area contributed by atoms with Crippen LogP contribution in [0.4, 0.5) is 5.69 Å². The van der Waals surface area contributed by atoms with E-state index in [2.05, 4.69) is 10.6 Å². The SMILES string of the molecule is CN(C)S(=O)(=O)c1c(Cl)ccc(NC2C(=O)C(=O)C2NC(C)(C)C(C)(C)C)c1O. The molecule has 1 aromatic carbocycles. The Bertz CT molecular complexity index is 951. The summed E-state index contributed by atoms with van der Waals surface area (Å²) in [4.78, 5) is 23.9. The number of ketones is 2. The first-order chi connectivity index (χ1) is 13.0. The zero-order valence-electron chi connectivity index (χ0n) is 17.6. The maximum atomic E-state index is 12.5. The molecule has 1 fully saturated rings. The molecule has 0 aliphatic heterocycles. The van der Waals surface area contributed by atoms with E-state index in [1.165, 1.54) is 26.2 Å². The van der Waals surface area contributed by atoms with Crippen LogP contribution in [0.1, 0.15) is 34.6 Å². The summed E-state index contributed by atoms with van der Waals surface area (Å²) in [5.74, 6) is -1.81. The Morgan fingerprint density at radius 2 is 1.55 bits per heavy atom. The number of benzene rings is 1. The van der Waals surface area contributed by atoms with Gasteiger partial charge in [-0.2, -0.15) is 0 Å². The molecule has 10 heteroatoms. The first-order valence-electron chi connectivity index (χ1n) is 9.08. The highest BCUT2D eigenvalue weighted by Gasteiger charge is 2.52. The lowest BCUT2D eigenvalue weighted by Crippen LogP contribution is -2.71. The number of carbonyl (C=O) groups is 2. The van der Waals surface area contributed by atoms with Gasteiger partial charge in [-0.25, -0.2) is 12.7 Å². The second-order valence-corrected chi connectivity index (χ2v) is 11.4. The normalized spacial score (nSPS) is 20.7. The minimum Gasteiger partial charge on any atom is -0.504 e. The van der Waals surface area contributed by atoms with Crippen molar-refractivity contribution in [2.24, 2.45) is 5.41 Å². The lowest BCUT2D eigenvalue weighted by Gasteiger charge is -2.46. The highest BCUT2D eigenvalue weighted by Crippen LogP contribution is 2.39. The minimum absolute atomic E-state index is 0.000963. The molecule has 2 rings (SSSR count). The van der Waals surface area contributed by atoms with Crippen molar-refractivity contribution < 1.29 is 23.1 Å². The van der Waals surface area contributed by atoms with E-state index in [1.807, 2.05) is 34.6 Å². The molecule has 1 aromatic rings. The maximum Gasteiger partial charge on any atom is 0.247 e. The number of phenolic OH excluding ortho intramolecular Hbond substituents is 1. The zero-order chi connectivity index (χ0) is 22.5. The van der Waals surface area contributed by atoms with Gasteiger partial charge in [0.05, 0.1) is 10.7 Å². The summed E-state index contributed by atoms with van der Waals surface area (Å²) in [7, 11) is -1.40. The quantitative estimate of drug-likeness (QED) is 0.453. The number of nitrogens with one attached hydrogen (secondary N) is 2. The summed E-state index contributed by atoms with van der Waals surface area (Å²) in [6, 6.07) is 0.938. The van der Waals surface area contributed by atoms with Crippen LogP contribution in [-0.4, -0.2) is 61.1 Å². The van der Waals surface area contributed by atoms with E-state index in [9.17, 15) is 23.1 Å². The molecule has 1 aliphatic rings. The van der Waals surface area contributed by atoms with E-state index in [0.29, 0.717) is 0 Å². The predicted molar refractivity (Wildman–Crippen MR) is 112 cm³/mol. The smallest absolute Gasteiger partial charge is 0.247 e. The third-order valence-electron chi connectivity index (χ3n) is 5.67. The number of hydrogen-bond acceptors (Lipinski definition) is 7. The van der Waals surface area contributed by atoms with Crippen molar-refractivity contribution in [2.45, 2.75) is 57.1 Å². The third-order valence-corrected chi connectivity index (χ3v) is 7.98. The van der Waals surface area contributed by atoms with Crippen molar-refractivity contribution in [1.82, 2.24) is 9.62 Å². The fourth-order valence-electron chi connectivity index (χ4n) is 2.67. The Morgan fingerprint density at radius 3 is 2.03 bits per heavy atom. The molecular weight excluding hydrogens is 418 g/mol. The fraction of sp³-hybridized carbons (Fsp3) is 0.579. The number of aromatic hydroxyl groups is 1. The van der Waals surface area contributed by atoms with Gasteiger partial charge in [-0.1, -0.05) is 32.4 Å². The van der Waals surface area contributed by atoms with Gasteiger partial charge < -0.3 is 10.4 Å². The predicted octanol–water partition coefficient (Wildman–Crippen LogP) is 2.01. The summed E-state index contributed by atoms with van der Waals surface area (Å²) < 4.78 is 25.9. The van der Waals surface area contributed by atoms with E-state index in [4.69, 9.17) is 11.6 Å². The number of carbonyl (C=O) groups excluding carboxylic acids is 2. The van der Waals surface area contributed by atoms with Gasteiger partial charge in [-0.3, -0.25) is 14.9 Å². The van der Waals surface area contributed by atoms with Gasteiger partial charge in [-0.05, 0) is 31.4 Å². The van der Waals surface area contributed by atoms with Crippen LogP contribution in [0, 0.1) is 5.41 Å². The zero-order valence-corrected chi connectivity index (χ0v) is 19.2. The Balaban J connectivity index is 2.38. The molecular formula is C19H28ClN3O5S. The van der Waals surface area contributed by atoms with Crippen molar-refractivity contribution in [1.29, 1.82) is 0 Å². The summed E-state index contributed by atoms with van der Waals surface area (Å²) in [5, 5.41) is 16.4. The topological polar surface area (TPSA) is 116 Å². The van der Waals surface area contributed by atoms with Crippen LogP contribution in [0.3, 0.4) is 0 Å². The highest BCUT2D eigenvalue weighted by molar-refractivity contribution is 7.89. The molecule has 0 bridgehead atoms. The fourth-order valence-corrected chi connectivity index (χ4v) is 4.15. The first kappa shape index (κ1) is 23.6. The number of nitrogens with zero attached hydrogens (tertiary/aromatic N) is 1. The summed E-state index contributed by atoms with van der Waals surface area (Å²) in [5.41, 5.74) is -0.678. The number of Topliss-reactive ketones (excluding diaryl/α,β-unsaturated/α-hetero) is 2. The van der Waals surface area contributed by atoms with E-state index >= 15 is 0 Å². The molecule has 3 N–H and O–H groups in total. The molecule has 1 aliphatic carbocycles. The first-order valence-corrected chi connectivity index (χ1v) is 10.9. The van der Waals surface area contributed by atoms with E-state index < -0.39 is 49.9 Å². The monoisotopic (exact) mass is 445 g/mol. The molecule has 2 atom stereocenters. The minimum atomic E-state index is -4.03. The molecule has 0 spiro atoms. The number of anilines is 1. The van der Waals surface area contributed by atoms with Gasteiger partial charge in [0.2, 0.25) is 21.6 Å². The Morgan fingerprint density at radius 1 is 1.03 bits per heavy atom. The number of rotatable bonds is 6. The Labute approximate surface area is 176 Å². The van der Waals surface area contributed by atoms with Crippen LogP contribution in [0.25, 0.3) is 0 Å². The summed E-state index contributed by atoms with van der Waals surface area (Å²) in [6.45, 7) is 9.90. The molecule has 0 amide bonds. The van der Waals surface area contributed by atoms with Gasteiger partial charge in [0.15, 0.2) is 5.75 Å². The molecule has 29 heavy (non-hydrogen) atoms. The van der Waals surface area contributed by atoms with Gasteiger partial charge >= 0.3 is 0 Å². The molecule has 8 nitrogen and oxygen atoms in total. The van der Waals surface area contributed by atoms with Gasteiger partial charge in [0, 0.05) is 19.6 Å². The van der Waals surface area contributed by atoms with E-state index in [1.54, 1.807) is 0 Å². The lowest BCUT2D eigenvalue weighted by molar-refractivity contribution is -0.146. The molecule has 0 aromatic heterocycles. The Hall–Kier alpha value is -1.68. The molecule has 0 heterocycles. The molecule has 2 unspecified atom stereocenters. The van der Waals surface area contributed by atoms with Gasteiger partial charge in [0.25, 0.3) is 0 Å². The lowest BCUT2D eigenvalue weighted by atomic mass is 9.73. The second kappa shape index (κ2) is 7.54. The van der Waals surface area contributed by atoms with Crippen LogP contribution in [0.2, 0.25) is 5.02 Å². The highest BCUT2D eigenvalue weighted by atomic mass is 35.5. The van der Waals surface area contributed by atoms with Crippen molar-refractivity contribution >= 4 is 38.9 Å². The maximum absolute atomic E-state index is 12.5. The van der Waals surface area contributed by atoms with E-state index in [0.717, 1.165) is 4.31 Å². The van der Waals surface area contributed by atoms with Gasteiger partial charge in [-0.15, -0.1) is 0 Å². The number of sulfonamides is 1. The van der Waals surface area contributed by atoms with Crippen molar-refractivity contribution in [3.63, 3.8) is 0 Å². The van der Waals surface area contributed by atoms with Crippen molar-refractivity contribution in [3.8, 4) is 5.75 Å².